The fraction of sp³-hybridized carbons (Fsp3) is 0.500. The van der Waals surface area contributed by atoms with Crippen molar-refractivity contribution in [2.45, 2.75) is 20.0 Å². The zero-order valence-electron chi connectivity index (χ0n) is 10.4. The minimum Gasteiger partial charge on any atom is -0.485 e. The van der Waals surface area contributed by atoms with Crippen molar-refractivity contribution >= 4 is 11.9 Å². The van der Waals surface area contributed by atoms with Gasteiger partial charge in [0.2, 0.25) is 0 Å². The summed E-state index contributed by atoms with van der Waals surface area (Å²) in [4.78, 5) is 21.6. The molecule has 5 heteroatoms. The Bertz CT molecular complexity index is 346. The van der Waals surface area contributed by atoms with Gasteiger partial charge in [0.15, 0.2) is 6.10 Å². The van der Waals surface area contributed by atoms with Gasteiger partial charge in [0.25, 0.3) is 0 Å². The SMILES string of the molecule is COC(=O)C#CC(O/C=C/C(=O)OC)C(C)C. The van der Waals surface area contributed by atoms with E-state index in [0.717, 1.165) is 6.08 Å². The summed E-state index contributed by atoms with van der Waals surface area (Å²) in [5, 5.41) is 0. The van der Waals surface area contributed by atoms with Gasteiger partial charge in [0, 0.05) is 11.8 Å². The molecule has 0 bridgehead atoms. The van der Waals surface area contributed by atoms with Crippen molar-refractivity contribution < 1.29 is 23.8 Å². The van der Waals surface area contributed by atoms with Crippen LogP contribution in [0.1, 0.15) is 13.8 Å². The van der Waals surface area contributed by atoms with Crippen LogP contribution >= 0.6 is 0 Å². The van der Waals surface area contributed by atoms with Crippen molar-refractivity contribution in [2.24, 2.45) is 5.92 Å². The summed E-state index contributed by atoms with van der Waals surface area (Å²) in [7, 11) is 2.52. The predicted molar refractivity (Wildman–Crippen MR) is 60.7 cm³/mol. The molecule has 0 aliphatic rings. The van der Waals surface area contributed by atoms with E-state index in [-0.39, 0.29) is 5.92 Å². The number of carbonyl (C=O) groups is 2. The fourth-order valence-corrected chi connectivity index (χ4v) is 0.786. The van der Waals surface area contributed by atoms with Crippen molar-refractivity contribution in [1.82, 2.24) is 0 Å². The van der Waals surface area contributed by atoms with Gasteiger partial charge < -0.3 is 14.2 Å². The van der Waals surface area contributed by atoms with E-state index in [4.69, 9.17) is 4.74 Å². The summed E-state index contributed by atoms with van der Waals surface area (Å²) in [5.41, 5.74) is 0. The van der Waals surface area contributed by atoms with E-state index in [1.807, 2.05) is 13.8 Å². The number of hydrogen-bond acceptors (Lipinski definition) is 5. The van der Waals surface area contributed by atoms with Crippen molar-refractivity contribution in [2.75, 3.05) is 14.2 Å². The zero-order valence-corrected chi connectivity index (χ0v) is 10.4. The lowest BCUT2D eigenvalue weighted by Crippen LogP contribution is -2.15. The lowest BCUT2D eigenvalue weighted by atomic mass is 10.1. The van der Waals surface area contributed by atoms with Gasteiger partial charge in [-0.05, 0) is 5.92 Å². The second-order valence-electron chi connectivity index (χ2n) is 3.39. The molecule has 0 saturated carbocycles. The minimum absolute atomic E-state index is 0.0643. The van der Waals surface area contributed by atoms with Crippen LogP contribution < -0.4 is 0 Å². The number of hydrogen-bond donors (Lipinski definition) is 0. The zero-order chi connectivity index (χ0) is 13.3. The van der Waals surface area contributed by atoms with E-state index >= 15 is 0 Å². The largest absolute Gasteiger partial charge is 0.485 e. The van der Waals surface area contributed by atoms with Crippen LogP contribution in [0, 0.1) is 17.8 Å². The maximum atomic E-state index is 10.8. The minimum atomic E-state index is -0.629. The second-order valence-corrected chi connectivity index (χ2v) is 3.39. The quantitative estimate of drug-likeness (QED) is 0.240. The molecular formula is C12H16O5. The standard InChI is InChI=1S/C12H16O5/c1-9(2)10(5-6-11(13)15-3)17-8-7-12(14)16-4/h7-10H,1-4H3/b8-7+. The molecule has 0 aliphatic carbocycles. The molecule has 0 amide bonds. The Morgan fingerprint density at radius 3 is 2.29 bits per heavy atom. The van der Waals surface area contributed by atoms with Crippen LogP contribution in [-0.2, 0) is 23.8 Å². The molecule has 0 aromatic carbocycles. The molecule has 0 fully saturated rings. The molecule has 0 aromatic rings. The predicted octanol–water partition coefficient (Wildman–Crippen LogP) is 0.891. The van der Waals surface area contributed by atoms with Crippen molar-refractivity contribution in [3.63, 3.8) is 0 Å². The van der Waals surface area contributed by atoms with E-state index in [1.54, 1.807) is 0 Å². The van der Waals surface area contributed by atoms with Gasteiger partial charge in [-0.25, -0.2) is 9.59 Å². The average molecular weight is 240 g/mol. The molecule has 0 N–H and O–H groups in total. The monoisotopic (exact) mass is 240 g/mol. The summed E-state index contributed by atoms with van der Waals surface area (Å²) in [6.45, 7) is 3.76. The summed E-state index contributed by atoms with van der Waals surface area (Å²) >= 11 is 0. The molecule has 1 atom stereocenters. The number of carbonyl (C=O) groups excluding carboxylic acids is 2. The highest BCUT2D eigenvalue weighted by molar-refractivity contribution is 5.88. The third-order valence-electron chi connectivity index (χ3n) is 1.74. The van der Waals surface area contributed by atoms with Gasteiger partial charge in [0.1, 0.15) is 0 Å². The lowest BCUT2D eigenvalue weighted by Gasteiger charge is -2.13. The molecule has 0 aromatic heterocycles. The molecule has 5 nitrogen and oxygen atoms in total. The highest BCUT2D eigenvalue weighted by Crippen LogP contribution is 2.05. The summed E-state index contributed by atoms with van der Waals surface area (Å²) in [5.74, 6) is 3.81. The van der Waals surface area contributed by atoms with Crippen LogP contribution in [-0.4, -0.2) is 32.3 Å². The average Bonchev–Trinajstić information content (AvgIpc) is 2.31. The van der Waals surface area contributed by atoms with Crippen LogP contribution in [0.4, 0.5) is 0 Å². The molecule has 17 heavy (non-hydrogen) atoms. The fourth-order valence-electron chi connectivity index (χ4n) is 0.786. The first kappa shape index (κ1) is 15.0. The molecule has 0 heterocycles. The Hall–Kier alpha value is -1.96. The Balaban J connectivity index is 4.44. The van der Waals surface area contributed by atoms with Crippen LogP contribution in [0.3, 0.4) is 0 Å². The first-order valence-corrected chi connectivity index (χ1v) is 5.00. The van der Waals surface area contributed by atoms with Crippen molar-refractivity contribution in [1.29, 1.82) is 0 Å². The summed E-state index contributed by atoms with van der Waals surface area (Å²) in [6, 6.07) is 0. The Morgan fingerprint density at radius 2 is 1.82 bits per heavy atom. The summed E-state index contributed by atoms with van der Waals surface area (Å²) < 4.78 is 14.0. The van der Waals surface area contributed by atoms with Crippen molar-refractivity contribution in [3.8, 4) is 11.8 Å². The highest BCUT2D eigenvalue weighted by atomic mass is 16.5. The number of rotatable bonds is 4. The van der Waals surface area contributed by atoms with Crippen LogP contribution in [0.25, 0.3) is 0 Å². The topological polar surface area (TPSA) is 61.8 Å². The lowest BCUT2D eigenvalue weighted by molar-refractivity contribution is -0.135. The number of methoxy groups -OCH3 is 2. The molecular weight excluding hydrogens is 224 g/mol. The smallest absolute Gasteiger partial charge is 0.384 e. The third-order valence-corrected chi connectivity index (χ3v) is 1.74. The molecule has 0 radical (unpaired) electrons. The molecule has 1 unspecified atom stereocenters. The maximum absolute atomic E-state index is 10.8. The second kappa shape index (κ2) is 8.22. The highest BCUT2D eigenvalue weighted by Gasteiger charge is 2.10. The summed E-state index contributed by atoms with van der Waals surface area (Å²) in [6.07, 6.45) is 1.84. The van der Waals surface area contributed by atoms with E-state index in [9.17, 15) is 9.59 Å². The first-order valence-electron chi connectivity index (χ1n) is 5.00. The van der Waals surface area contributed by atoms with Crippen LogP contribution in [0.5, 0.6) is 0 Å². The molecule has 0 rings (SSSR count). The Morgan fingerprint density at radius 1 is 1.18 bits per heavy atom. The first-order chi connectivity index (χ1) is 8.01. The van der Waals surface area contributed by atoms with Crippen LogP contribution in [0.2, 0.25) is 0 Å². The van der Waals surface area contributed by atoms with E-state index < -0.39 is 18.0 Å². The number of esters is 2. The van der Waals surface area contributed by atoms with E-state index in [1.165, 1.54) is 20.5 Å². The normalized spacial score (nSPS) is 11.6. The maximum Gasteiger partial charge on any atom is 0.384 e. The van der Waals surface area contributed by atoms with Gasteiger partial charge in [-0.1, -0.05) is 13.8 Å². The van der Waals surface area contributed by atoms with Gasteiger partial charge in [-0.3, -0.25) is 0 Å². The van der Waals surface area contributed by atoms with Gasteiger partial charge in [-0.15, -0.1) is 0 Å². The molecule has 0 aliphatic heterocycles. The molecule has 0 saturated heterocycles. The Labute approximate surface area is 101 Å². The Kier molecular flexibility index (Phi) is 7.27. The van der Waals surface area contributed by atoms with Gasteiger partial charge in [0.05, 0.1) is 26.6 Å². The van der Waals surface area contributed by atoms with Gasteiger partial charge in [-0.2, -0.15) is 0 Å². The van der Waals surface area contributed by atoms with Crippen molar-refractivity contribution in [3.05, 3.63) is 12.3 Å². The third kappa shape index (κ3) is 7.01. The number of ether oxygens (including phenoxy) is 3. The van der Waals surface area contributed by atoms with E-state index in [2.05, 4.69) is 21.3 Å². The van der Waals surface area contributed by atoms with Crippen LogP contribution in [0.15, 0.2) is 12.3 Å². The van der Waals surface area contributed by atoms with E-state index in [0.29, 0.717) is 0 Å². The molecule has 94 valence electrons. The molecule has 0 spiro atoms. The van der Waals surface area contributed by atoms with Gasteiger partial charge >= 0.3 is 11.9 Å².